The van der Waals surface area contributed by atoms with Crippen molar-refractivity contribution in [3.05, 3.63) is 34.4 Å². The van der Waals surface area contributed by atoms with Gasteiger partial charge >= 0.3 is 0 Å². The normalized spacial score (nSPS) is 29.5. The van der Waals surface area contributed by atoms with Crippen LogP contribution < -0.4 is 0 Å². The molecule has 0 spiro atoms. The van der Waals surface area contributed by atoms with Gasteiger partial charge in [0.25, 0.3) is 0 Å². The molecule has 18 heavy (non-hydrogen) atoms. The van der Waals surface area contributed by atoms with E-state index in [0.717, 1.165) is 20.9 Å². The third-order valence-electron chi connectivity index (χ3n) is 4.62. The molecule has 3 heteroatoms. The number of H-pyrrole nitrogens is 1. The van der Waals surface area contributed by atoms with E-state index < -0.39 is 0 Å². The fraction of sp³-hybridized carbons (Fsp3) is 0.400. The summed E-state index contributed by atoms with van der Waals surface area (Å²) in [6, 6.07) is 6.06. The topological polar surface area (TPSA) is 32.9 Å². The van der Waals surface area contributed by atoms with Crippen molar-refractivity contribution in [2.75, 3.05) is 0 Å². The van der Waals surface area contributed by atoms with Gasteiger partial charge in [-0.1, -0.05) is 22.4 Å². The van der Waals surface area contributed by atoms with Crippen LogP contribution in [0.3, 0.4) is 0 Å². The van der Waals surface area contributed by atoms with Crippen molar-refractivity contribution in [3.63, 3.8) is 0 Å². The zero-order chi connectivity index (χ0) is 12.3. The molecule has 2 aliphatic rings. The van der Waals surface area contributed by atoms with E-state index in [0.29, 0.717) is 23.5 Å². The third kappa shape index (κ3) is 1.43. The van der Waals surface area contributed by atoms with Crippen LogP contribution >= 0.6 is 15.9 Å². The van der Waals surface area contributed by atoms with E-state index in [2.05, 4.69) is 20.9 Å². The number of hydrogen-bond acceptors (Lipinski definition) is 1. The monoisotopic (exact) mass is 303 g/mol. The van der Waals surface area contributed by atoms with Gasteiger partial charge in [0.05, 0.1) is 0 Å². The van der Waals surface area contributed by atoms with Crippen molar-refractivity contribution < 1.29 is 4.79 Å². The molecule has 2 aliphatic carbocycles. The van der Waals surface area contributed by atoms with Crippen molar-refractivity contribution in [2.45, 2.75) is 19.3 Å². The number of ketones is 1. The minimum atomic E-state index is 0.316. The molecule has 2 fully saturated rings. The lowest BCUT2D eigenvalue weighted by molar-refractivity contribution is 0.0953. The Morgan fingerprint density at radius 3 is 2.83 bits per heavy atom. The summed E-state index contributed by atoms with van der Waals surface area (Å²) >= 11 is 3.48. The zero-order valence-electron chi connectivity index (χ0n) is 9.95. The van der Waals surface area contributed by atoms with Crippen LogP contribution in [0.5, 0.6) is 0 Å². The van der Waals surface area contributed by atoms with Gasteiger partial charge in [0.15, 0.2) is 5.78 Å². The standard InChI is InChI=1S/C15H14BrNO/c16-8-4-5-13-11(6-8)12(7-17-13)15(18)14-9-2-1-3-10(9)14/h4-7,9-10,14,17H,1-3H2. The van der Waals surface area contributed by atoms with Gasteiger partial charge in [0.2, 0.25) is 0 Å². The number of carbonyl (C=O) groups is 1. The van der Waals surface area contributed by atoms with E-state index in [-0.39, 0.29) is 0 Å². The van der Waals surface area contributed by atoms with Gasteiger partial charge in [-0.25, -0.2) is 0 Å². The Hall–Kier alpha value is -1.09. The molecule has 1 aromatic heterocycles. The Morgan fingerprint density at radius 1 is 1.28 bits per heavy atom. The van der Waals surface area contributed by atoms with Crippen LogP contribution in [0, 0.1) is 17.8 Å². The number of hydrogen-bond donors (Lipinski definition) is 1. The van der Waals surface area contributed by atoms with E-state index in [1.165, 1.54) is 19.3 Å². The first-order valence-electron chi connectivity index (χ1n) is 6.56. The van der Waals surface area contributed by atoms with Gasteiger partial charge in [-0.05, 0) is 42.9 Å². The lowest BCUT2D eigenvalue weighted by atomic mass is 10.0. The molecule has 1 heterocycles. The molecule has 2 atom stereocenters. The maximum absolute atomic E-state index is 12.6. The largest absolute Gasteiger partial charge is 0.360 e. The number of rotatable bonds is 2. The second-order valence-corrected chi connectivity index (χ2v) is 6.46. The number of halogens is 1. The van der Waals surface area contributed by atoms with E-state index >= 15 is 0 Å². The number of aromatic amines is 1. The van der Waals surface area contributed by atoms with Crippen LogP contribution in [-0.4, -0.2) is 10.8 Å². The summed E-state index contributed by atoms with van der Waals surface area (Å²) in [7, 11) is 0. The lowest BCUT2D eigenvalue weighted by Gasteiger charge is -2.02. The maximum atomic E-state index is 12.6. The van der Waals surface area contributed by atoms with E-state index in [1.807, 2.05) is 24.4 Å². The Balaban J connectivity index is 1.74. The van der Waals surface area contributed by atoms with Crippen LogP contribution in [0.1, 0.15) is 29.6 Å². The van der Waals surface area contributed by atoms with Gasteiger partial charge in [-0.3, -0.25) is 4.79 Å². The Morgan fingerprint density at radius 2 is 2.06 bits per heavy atom. The number of carbonyl (C=O) groups excluding carboxylic acids is 1. The number of nitrogens with one attached hydrogen (secondary N) is 1. The van der Waals surface area contributed by atoms with Gasteiger partial charge in [-0.2, -0.15) is 0 Å². The minimum absolute atomic E-state index is 0.316. The first-order valence-corrected chi connectivity index (χ1v) is 7.36. The molecule has 0 radical (unpaired) electrons. The Kier molecular flexibility index (Phi) is 2.22. The number of benzene rings is 1. The Bertz CT molecular complexity index is 635. The number of fused-ring (bicyclic) bond motifs is 2. The highest BCUT2D eigenvalue weighted by Gasteiger charge is 2.56. The molecule has 0 saturated heterocycles. The average Bonchev–Trinajstić information content (AvgIpc) is 2.77. The van der Waals surface area contributed by atoms with Crippen molar-refractivity contribution in [2.24, 2.45) is 17.8 Å². The summed E-state index contributed by atoms with van der Waals surface area (Å²) < 4.78 is 1.03. The molecule has 1 N–H and O–H groups in total. The van der Waals surface area contributed by atoms with Gasteiger partial charge in [-0.15, -0.1) is 0 Å². The second kappa shape index (κ2) is 3.70. The van der Waals surface area contributed by atoms with Crippen molar-refractivity contribution in [1.29, 1.82) is 0 Å². The van der Waals surface area contributed by atoms with Gasteiger partial charge < -0.3 is 4.98 Å². The van der Waals surface area contributed by atoms with Crippen LogP contribution in [0.4, 0.5) is 0 Å². The molecule has 0 bridgehead atoms. The zero-order valence-corrected chi connectivity index (χ0v) is 11.5. The van der Waals surface area contributed by atoms with Crippen LogP contribution in [0.25, 0.3) is 10.9 Å². The summed E-state index contributed by atoms with van der Waals surface area (Å²) in [6.45, 7) is 0. The molecule has 2 saturated carbocycles. The summed E-state index contributed by atoms with van der Waals surface area (Å²) in [6.07, 6.45) is 5.71. The highest BCUT2D eigenvalue weighted by Crippen LogP contribution is 2.58. The summed E-state index contributed by atoms with van der Waals surface area (Å²) in [5, 5.41) is 1.05. The third-order valence-corrected chi connectivity index (χ3v) is 5.11. The van der Waals surface area contributed by atoms with Crippen molar-refractivity contribution in [3.8, 4) is 0 Å². The summed E-state index contributed by atoms with van der Waals surface area (Å²) in [4.78, 5) is 15.8. The first kappa shape index (κ1) is 10.8. The number of Topliss-reactive ketones (excluding diaryl/α,β-unsaturated/α-hetero) is 1. The molecule has 0 aliphatic heterocycles. The van der Waals surface area contributed by atoms with Crippen molar-refractivity contribution in [1.82, 2.24) is 4.98 Å². The molecule has 2 aromatic rings. The molecule has 92 valence electrons. The summed E-state index contributed by atoms with van der Waals surface area (Å²) in [5.74, 6) is 2.05. The smallest absolute Gasteiger partial charge is 0.168 e. The molecular weight excluding hydrogens is 290 g/mol. The van der Waals surface area contributed by atoms with Crippen LogP contribution in [0.2, 0.25) is 0 Å². The fourth-order valence-electron chi connectivity index (χ4n) is 3.69. The highest BCUT2D eigenvalue weighted by molar-refractivity contribution is 9.10. The minimum Gasteiger partial charge on any atom is -0.360 e. The predicted octanol–water partition coefficient (Wildman–Crippen LogP) is 4.16. The Labute approximate surface area is 114 Å². The number of aromatic nitrogens is 1. The van der Waals surface area contributed by atoms with Gasteiger partial charge in [0, 0.05) is 33.1 Å². The first-order chi connectivity index (χ1) is 8.75. The van der Waals surface area contributed by atoms with Crippen LogP contribution in [-0.2, 0) is 0 Å². The molecule has 2 nitrogen and oxygen atoms in total. The molecule has 2 unspecified atom stereocenters. The van der Waals surface area contributed by atoms with Crippen molar-refractivity contribution >= 4 is 32.6 Å². The molecule has 0 amide bonds. The SMILES string of the molecule is O=C(c1c[nH]c2ccc(Br)cc12)C1C2CCCC21. The second-order valence-electron chi connectivity index (χ2n) is 5.54. The average molecular weight is 304 g/mol. The molecule has 4 rings (SSSR count). The van der Waals surface area contributed by atoms with E-state index in [1.54, 1.807) is 0 Å². The highest BCUT2D eigenvalue weighted by atomic mass is 79.9. The van der Waals surface area contributed by atoms with E-state index in [9.17, 15) is 4.79 Å². The van der Waals surface area contributed by atoms with Gasteiger partial charge in [0.1, 0.15) is 0 Å². The predicted molar refractivity (Wildman–Crippen MR) is 74.7 cm³/mol. The quantitative estimate of drug-likeness (QED) is 0.830. The maximum Gasteiger partial charge on any atom is 0.168 e. The van der Waals surface area contributed by atoms with E-state index in [4.69, 9.17) is 0 Å². The molecular formula is C15H14BrNO. The fourth-order valence-corrected chi connectivity index (χ4v) is 4.05. The van der Waals surface area contributed by atoms with Crippen LogP contribution in [0.15, 0.2) is 28.9 Å². The lowest BCUT2D eigenvalue weighted by Crippen LogP contribution is -2.05. The molecule has 1 aromatic carbocycles. The summed E-state index contributed by atoms with van der Waals surface area (Å²) in [5.41, 5.74) is 1.93.